The van der Waals surface area contributed by atoms with Gasteiger partial charge in [-0.2, -0.15) is 4.52 Å². The van der Waals surface area contributed by atoms with E-state index < -0.39 is 5.72 Å². The lowest BCUT2D eigenvalue weighted by molar-refractivity contribution is 0.0437. The Balaban J connectivity index is 1.29. The average Bonchev–Trinajstić information content (AvgIpc) is 3.63. The molecule has 1 fully saturated rings. The summed E-state index contributed by atoms with van der Waals surface area (Å²) in [6.07, 6.45) is 8.84. The van der Waals surface area contributed by atoms with Crippen LogP contribution >= 0.6 is 0 Å². The van der Waals surface area contributed by atoms with E-state index in [0.29, 0.717) is 17.5 Å². The third kappa shape index (κ3) is 4.10. The Bertz CT molecular complexity index is 1310. The third-order valence-corrected chi connectivity index (χ3v) is 6.61. The molecule has 8 nitrogen and oxygen atoms in total. The summed E-state index contributed by atoms with van der Waals surface area (Å²) in [5.74, 6) is 1.81. The molecule has 0 amide bonds. The number of hydrogen-bond acceptors (Lipinski definition) is 7. The van der Waals surface area contributed by atoms with E-state index in [2.05, 4.69) is 53.5 Å². The maximum absolute atomic E-state index is 5.92. The summed E-state index contributed by atoms with van der Waals surface area (Å²) in [7, 11) is 0. The van der Waals surface area contributed by atoms with Crippen LogP contribution in [0.5, 0.6) is 0 Å². The van der Waals surface area contributed by atoms with Crippen molar-refractivity contribution in [1.82, 2.24) is 24.5 Å². The van der Waals surface area contributed by atoms with Crippen molar-refractivity contribution >= 4 is 17.2 Å². The topological polar surface area (TPSA) is 80.7 Å². The van der Waals surface area contributed by atoms with Crippen LogP contribution in [0.1, 0.15) is 37.3 Å². The highest BCUT2D eigenvalue weighted by Crippen LogP contribution is 2.29. The zero-order valence-electron chi connectivity index (χ0n) is 19.3. The van der Waals surface area contributed by atoms with Gasteiger partial charge in [-0.25, -0.2) is 9.97 Å². The third-order valence-electron chi connectivity index (χ3n) is 6.61. The number of aromatic nitrogens is 4. The number of fused-ring (bicyclic) bond motifs is 1. The first-order valence-electron chi connectivity index (χ1n) is 11.8. The lowest BCUT2D eigenvalue weighted by atomic mass is 9.99. The van der Waals surface area contributed by atoms with Crippen molar-refractivity contribution in [2.24, 2.45) is 0 Å². The first-order valence-corrected chi connectivity index (χ1v) is 11.8. The van der Waals surface area contributed by atoms with Crippen LogP contribution < -0.4 is 5.32 Å². The average molecular weight is 457 g/mol. The van der Waals surface area contributed by atoms with Crippen LogP contribution in [-0.4, -0.2) is 49.9 Å². The van der Waals surface area contributed by atoms with Gasteiger partial charge < -0.3 is 14.5 Å². The molecule has 0 radical (unpaired) electrons. The van der Waals surface area contributed by atoms with Gasteiger partial charge in [0.15, 0.2) is 11.4 Å². The van der Waals surface area contributed by atoms with Crippen molar-refractivity contribution in [3.63, 3.8) is 0 Å². The zero-order valence-corrected chi connectivity index (χ0v) is 19.3. The molecule has 4 aromatic rings. The molecule has 1 saturated heterocycles. The van der Waals surface area contributed by atoms with E-state index in [1.165, 1.54) is 11.1 Å². The molecule has 2 aliphatic rings. The number of nitrogens with zero attached hydrogens (tertiary/aromatic N) is 5. The first kappa shape index (κ1) is 21.1. The van der Waals surface area contributed by atoms with Crippen LogP contribution in [0.4, 0.5) is 5.95 Å². The normalized spacial score (nSPS) is 21.1. The molecule has 0 saturated carbocycles. The summed E-state index contributed by atoms with van der Waals surface area (Å²) >= 11 is 0. The Labute approximate surface area is 198 Å². The molecule has 5 heterocycles. The van der Waals surface area contributed by atoms with Crippen LogP contribution in [0.15, 0.2) is 65.4 Å². The second kappa shape index (κ2) is 8.70. The monoisotopic (exact) mass is 456 g/mol. The number of anilines is 1. The Morgan fingerprint density at radius 1 is 1.15 bits per heavy atom. The summed E-state index contributed by atoms with van der Waals surface area (Å²) in [5.41, 5.74) is 4.08. The largest absolute Gasteiger partial charge is 0.461 e. The van der Waals surface area contributed by atoms with E-state index in [1.807, 2.05) is 18.3 Å². The second-order valence-electron chi connectivity index (χ2n) is 9.14. The Kier molecular flexibility index (Phi) is 5.39. The number of rotatable bonds is 6. The van der Waals surface area contributed by atoms with Crippen molar-refractivity contribution in [3.8, 4) is 11.6 Å². The van der Waals surface area contributed by atoms with Crippen LogP contribution in [0, 0.1) is 0 Å². The van der Waals surface area contributed by atoms with Gasteiger partial charge in [-0.3, -0.25) is 4.90 Å². The van der Waals surface area contributed by atoms with Crippen molar-refractivity contribution in [2.45, 2.75) is 38.5 Å². The van der Waals surface area contributed by atoms with Crippen molar-refractivity contribution in [1.29, 1.82) is 0 Å². The van der Waals surface area contributed by atoms with E-state index in [0.717, 1.165) is 56.7 Å². The van der Waals surface area contributed by atoms with Crippen LogP contribution in [0.25, 0.3) is 22.8 Å². The molecule has 3 aromatic heterocycles. The number of hydrogen-bond donors (Lipinski definition) is 1. The van der Waals surface area contributed by atoms with E-state index in [1.54, 1.807) is 10.8 Å². The molecule has 1 unspecified atom stereocenters. The molecule has 8 heteroatoms. The minimum atomic E-state index is -0.455. The molecule has 1 aromatic carbocycles. The van der Waals surface area contributed by atoms with E-state index in [-0.39, 0.29) is 0 Å². The van der Waals surface area contributed by atoms with Gasteiger partial charge >= 0.3 is 0 Å². The van der Waals surface area contributed by atoms with Gasteiger partial charge in [0, 0.05) is 38.0 Å². The summed E-state index contributed by atoms with van der Waals surface area (Å²) in [4.78, 5) is 12.0. The Hall–Kier alpha value is -3.49. The van der Waals surface area contributed by atoms with Gasteiger partial charge in [-0.05, 0) is 49.5 Å². The molecular weight excluding hydrogens is 428 g/mol. The van der Waals surface area contributed by atoms with Gasteiger partial charge in [-0.15, -0.1) is 5.10 Å². The molecule has 34 heavy (non-hydrogen) atoms. The summed E-state index contributed by atoms with van der Waals surface area (Å²) in [5, 5.41) is 8.18. The minimum absolute atomic E-state index is 0.455. The Morgan fingerprint density at radius 3 is 2.79 bits per heavy atom. The van der Waals surface area contributed by atoms with Crippen LogP contribution in [0.2, 0.25) is 0 Å². The van der Waals surface area contributed by atoms with Crippen LogP contribution in [0.3, 0.4) is 0 Å². The minimum Gasteiger partial charge on any atom is -0.461 e. The fourth-order valence-corrected chi connectivity index (χ4v) is 4.75. The first-order chi connectivity index (χ1) is 16.7. The maximum Gasteiger partial charge on any atom is 0.228 e. The highest BCUT2D eigenvalue weighted by molar-refractivity contribution is 5.66. The number of benzene rings is 1. The van der Waals surface area contributed by atoms with Crippen molar-refractivity contribution in [3.05, 3.63) is 72.1 Å². The van der Waals surface area contributed by atoms with Gasteiger partial charge in [0.25, 0.3) is 0 Å². The van der Waals surface area contributed by atoms with E-state index in [4.69, 9.17) is 24.2 Å². The molecule has 1 atom stereocenters. The van der Waals surface area contributed by atoms with Gasteiger partial charge in [0.2, 0.25) is 11.8 Å². The molecule has 0 bridgehead atoms. The van der Waals surface area contributed by atoms with E-state index >= 15 is 0 Å². The summed E-state index contributed by atoms with van der Waals surface area (Å²) in [6.45, 7) is 5.42. The molecule has 0 aliphatic carbocycles. The lowest BCUT2D eigenvalue weighted by Gasteiger charge is -2.27. The zero-order chi connectivity index (χ0) is 23.0. The fourth-order valence-electron chi connectivity index (χ4n) is 4.75. The predicted octanol–water partition coefficient (Wildman–Crippen LogP) is 4.61. The van der Waals surface area contributed by atoms with Crippen LogP contribution in [-0.2, 0) is 11.3 Å². The van der Waals surface area contributed by atoms with Crippen molar-refractivity contribution in [2.75, 3.05) is 25.0 Å². The highest BCUT2D eigenvalue weighted by atomic mass is 16.5. The standard InChI is InChI=1S/C26H28N6O2/c1-26(12-6-16-34-26)29-25-27-17-21(24-28-23(30-32(24)25)22-9-5-15-33-22)18-31-13-10-20(11-14-31)19-7-3-2-4-8-19/h2-5,7-10,15,17H,6,11-14,16,18H2,1H3,(H,27,29). The quantitative estimate of drug-likeness (QED) is 0.454. The Morgan fingerprint density at radius 2 is 2.06 bits per heavy atom. The van der Waals surface area contributed by atoms with Gasteiger partial charge in [0.1, 0.15) is 5.72 Å². The number of nitrogens with one attached hydrogen (secondary N) is 1. The molecule has 2 aliphatic heterocycles. The predicted molar refractivity (Wildman–Crippen MR) is 130 cm³/mol. The van der Waals surface area contributed by atoms with Crippen molar-refractivity contribution < 1.29 is 9.15 Å². The highest BCUT2D eigenvalue weighted by Gasteiger charge is 2.31. The maximum atomic E-state index is 5.92. The molecular formula is C26H28N6O2. The smallest absolute Gasteiger partial charge is 0.228 e. The SMILES string of the molecule is CC1(Nc2ncc(CN3CC=C(c4ccccc4)CC3)c3nc(-c4ccco4)nn23)CCCO1. The summed E-state index contributed by atoms with van der Waals surface area (Å²) < 4.78 is 13.3. The van der Waals surface area contributed by atoms with E-state index in [9.17, 15) is 0 Å². The molecule has 6 rings (SSSR count). The lowest BCUT2D eigenvalue weighted by Crippen LogP contribution is -2.35. The number of ether oxygens (including phenoxy) is 1. The molecule has 1 N–H and O–H groups in total. The summed E-state index contributed by atoms with van der Waals surface area (Å²) in [6, 6.07) is 14.3. The molecule has 174 valence electrons. The number of furan rings is 1. The molecule has 0 spiro atoms. The fraction of sp³-hybridized carbons (Fsp3) is 0.346. The van der Waals surface area contributed by atoms with Gasteiger partial charge in [0.05, 0.1) is 6.26 Å². The van der Waals surface area contributed by atoms with Gasteiger partial charge in [-0.1, -0.05) is 36.4 Å². The second-order valence-corrected chi connectivity index (χ2v) is 9.14.